The van der Waals surface area contributed by atoms with E-state index in [9.17, 15) is 0 Å². The topological polar surface area (TPSA) is 44.1 Å². The lowest BCUT2D eigenvalue weighted by atomic mass is 9.75. The van der Waals surface area contributed by atoms with E-state index < -0.39 is 0 Å². The van der Waals surface area contributed by atoms with Crippen molar-refractivity contribution in [3.8, 4) is 28.4 Å². The van der Waals surface area contributed by atoms with E-state index in [1.54, 1.807) is 6.26 Å². The second-order valence-electron chi connectivity index (χ2n) is 7.43. The van der Waals surface area contributed by atoms with Gasteiger partial charge in [0, 0.05) is 36.5 Å². The Balaban J connectivity index is 1.61. The van der Waals surface area contributed by atoms with Crippen molar-refractivity contribution in [2.75, 3.05) is 38.3 Å². The van der Waals surface area contributed by atoms with Gasteiger partial charge in [0.15, 0.2) is 11.5 Å². The van der Waals surface area contributed by atoms with Crippen LogP contribution in [0.5, 0.6) is 17.2 Å². The number of hydrogen-bond acceptors (Lipinski definition) is 5. The molecule has 3 aliphatic heterocycles. The molecule has 0 saturated heterocycles. The van der Waals surface area contributed by atoms with E-state index in [4.69, 9.17) is 18.6 Å². The zero-order valence-corrected chi connectivity index (χ0v) is 15.0. The summed E-state index contributed by atoms with van der Waals surface area (Å²) in [6.07, 6.45) is 3.53. The number of anilines is 1. The van der Waals surface area contributed by atoms with Gasteiger partial charge in [-0.15, -0.1) is 0 Å². The molecule has 5 heteroatoms. The standard InChI is InChI=1S/C22H19NO4/c1-23-12-22(21-15(3-2-4-17(21)23)14-5-6-24-11-14)13-27-18-10-20-19(9-16(18)22)25-7-8-26-20/h2-6,9-11H,7-8,12-13H2,1H3. The molecule has 3 aliphatic rings. The van der Waals surface area contributed by atoms with Gasteiger partial charge in [-0.2, -0.15) is 0 Å². The Kier molecular flexibility index (Phi) is 2.91. The lowest BCUT2D eigenvalue weighted by Gasteiger charge is -2.26. The highest BCUT2D eigenvalue weighted by atomic mass is 16.6. The molecule has 136 valence electrons. The van der Waals surface area contributed by atoms with Crippen molar-refractivity contribution < 1.29 is 18.6 Å². The molecule has 0 bridgehead atoms. The van der Waals surface area contributed by atoms with Crippen LogP contribution in [0.3, 0.4) is 0 Å². The molecular formula is C22H19NO4. The minimum absolute atomic E-state index is 0.233. The molecule has 2 aromatic carbocycles. The molecule has 0 N–H and O–H groups in total. The Bertz CT molecular complexity index is 1040. The number of likely N-dealkylation sites (N-methyl/N-ethyl adjacent to an activating group) is 1. The molecule has 1 aromatic heterocycles. The van der Waals surface area contributed by atoms with E-state index in [1.165, 1.54) is 22.4 Å². The number of furan rings is 1. The maximum absolute atomic E-state index is 6.19. The summed E-state index contributed by atoms with van der Waals surface area (Å²) in [7, 11) is 2.14. The number of benzene rings is 2. The maximum atomic E-state index is 6.19. The first kappa shape index (κ1) is 15.0. The third kappa shape index (κ3) is 1.94. The van der Waals surface area contributed by atoms with Crippen LogP contribution in [0.1, 0.15) is 11.1 Å². The van der Waals surface area contributed by atoms with Crippen LogP contribution in [-0.2, 0) is 5.41 Å². The van der Waals surface area contributed by atoms with Gasteiger partial charge in [-0.3, -0.25) is 0 Å². The summed E-state index contributed by atoms with van der Waals surface area (Å²) in [5.74, 6) is 2.47. The third-order valence-electron chi connectivity index (χ3n) is 5.91. The summed E-state index contributed by atoms with van der Waals surface area (Å²) in [6.45, 7) is 2.63. The first-order chi connectivity index (χ1) is 13.3. The molecule has 4 heterocycles. The van der Waals surface area contributed by atoms with E-state index in [0.29, 0.717) is 19.8 Å². The van der Waals surface area contributed by atoms with E-state index >= 15 is 0 Å². The van der Waals surface area contributed by atoms with Crippen LogP contribution in [0, 0.1) is 0 Å². The van der Waals surface area contributed by atoms with Crippen LogP contribution in [0.15, 0.2) is 53.3 Å². The van der Waals surface area contributed by atoms with Gasteiger partial charge < -0.3 is 23.5 Å². The quantitative estimate of drug-likeness (QED) is 0.659. The number of fused-ring (bicyclic) bond motifs is 5. The van der Waals surface area contributed by atoms with Crippen LogP contribution in [-0.4, -0.2) is 33.4 Å². The fourth-order valence-electron chi connectivity index (χ4n) is 4.77. The summed E-state index contributed by atoms with van der Waals surface area (Å²) in [5.41, 5.74) is 5.76. The predicted octanol–water partition coefficient (Wildman–Crippen LogP) is 3.85. The first-order valence-electron chi connectivity index (χ1n) is 9.20. The predicted molar refractivity (Wildman–Crippen MR) is 101 cm³/mol. The molecule has 0 saturated carbocycles. The zero-order chi connectivity index (χ0) is 18.0. The second-order valence-corrected chi connectivity index (χ2v) is 7.43. The molecule has 0 radical (unpaired) electrons. The molecule has 5 nitrogen and oxygen atoms in total. The van der Waals surface area contributed by atoms with Gasteiger partial charge in [0.05, 0.1) is 17.9 Å². The van der Waals surface area contributed by atoms with Crippen molar-refractivity contribution in [2.45, 2.75) is 5.41 Å². The zero-order valence-electron chi connectivity index (χ0n) is 15.0. The lowest BCUT2D eigenvalue weighted by Crippen LogP contribution is -2.35. The minimum Gasteiger partial charge on any atom is -0.492 e. The van der Waals surface area contributed by atoms with Crippen LogP contribution in [0.4, 0.5) is 5.69 Å². The molecule has 0 aliphatic carbocycles. The molecule has 1 atom stereocenters. The highest BCUT2D eigenvalue weighted by molar-refractivity contribution is 5.82. The van der Waals surface area contributed by atoms with Gasteiger partial charge >= 0.3 is 0 Å². The molecule has 27 heavy (non-hydrogen) atoms. The fraction of sp³-hybridized carbons (Fsp3) is 0.273. The summed E-state index contributed by atoms with van der Waals surface area (Å²) in [6, 6.07) is 12.6. The molecule has 6 rings (SSSR count). The van der Waals surface area contributed by atoms with Gasteiger partial charge in [-0.1, -0.05) is 12.1 Å². The van der Waals surface area contributed by atoms with E-state index in [2.05, 4.69) is 36.2 Å². The number of ether oxygens (including phenoxy) is 3. The molecule has 0 fully saturated rings. The second kappa shape index (κ2) is 5.22. The highest BCUT2D eigenvalue weighted by Gasteiger charge is 2.51. The van der Waals surface area contributed by atoms with Gasteiger partial charge in [-0.25, -0.2) is 0 Å². The van der Waals surface area contributed by atoms with Gasteiger partial charge in [0.2, 0.25) is 0 Å². The van der Waals surface area contributed by atoms with Crippen molar-refractivity contribution in [3.05, 3.63) is 60.1 Å². The Hall–Kier alpha value is -3.08. The normalized spacial score (nSPS) is 21.9. The van der Waals surface area contributed by atoms with E-state index in [-0.39, 0.29) is 5.41 Å². The number of hydrogen-bond donors (Lipinski definition) is 0. The van der Waals surface area contributed by atoms with E-state index in [0.717, 1.165) is 29.4 Å². The average Bonchev–Trinajstić information content (AvgIpc) is 3.41. The van der Waals surface area contributed by atoms with Crippen LogP contribution >= 0.6 is 0 Å². The summed E-state index contributed by atoms with van der Waals surface area (Å²) < 4.78 is 23.2. The average molecular weight is 361 g/mol. The molecular weight excluding hydrogens is 342 g/mol. The monoisotopic (exact) mass is 361 g/mol. The SMILES string of the molecule is CN1CC2(COc3cc4c(cc32)OCCO4)c2c(-c3ccoc3)cccc21. The lowest BCUT2D eigenvalue weighted by molar-refractivity contribution is 0.171. The van der Waals surface area contributed by atoms with Gasteiger partial charge in [0.25, 0.3) is 0 Å². The summed E-state index contributed by atoms with van der Waals surface area (Å²) in [4.78, 5) is 2.31. The molecule has 3 aromatic rings. The molecule has 1 spiro atoms. The molecule has 0 amide bonds. The van der Waals surface area contributed by atoms with E-state index in [1.807, 2.05) is 18.4 Å². The number of rotatable bonds is 1. The third-order valence-corrected chi connectivity index (χ3v) is 5.91. The Morgan fingerprint density at radius 3 is 2.63 bits per heavy atom. The van der Waals surface area contributed by atoms with Crippen molar-refractivity contribution in [3.63, 3.8) is 0 Å². The van der Waals surface area contributed by atoms with Crippen molar-refractivity contribution in [1.29, 1.82) is 0 Å². The Labute approximate surface area is 157 Å². The fourth-order valence-corrected chi connectivity index (χ4v) is 4.77. The smallest absolute Gasteiger partial charge is 0.165 e. The molecule has 1 unspecified atom stereocenters. The van der Waals surface area contributed by atoms with Crippen LogP contribution in [0.25, 0.3) is 11.1 Å². The summed E-state index contributed by atoms with van der Waals surface area (Å²) >= 11 is 0. The van der Waals surface area contributed by atoms with Crippen molar-refractivity contribution >= 4 is 5.69 Å². The van der Waals surface area contributed by atoms with Gasteiger partial charge in [0.1, 0.15) is 25.6 Å². The first-order valence-corrected chi connectivity index (χ1v) is 9.20. The maximum Gasteiger partial charge on any atom is 0.165 e. The van der Waals surface area contributed by atoms with Crippen molar-refractivity contribution in [1.82, 2.24) is 0 Å². The summed E-state index contributed by atoms with van der Waals surface area (Å²) in [5, 5.41) is 0. The van der Waals surface area contributed by atoms with Crippen LogP contribution < -0.4 is 19.1 Å². The highest BCUT2D eigenvalue weighted by Crippen LogP contribution is 2.56. The Morgan fingerprint density at radius 1 is 0.963 bits per heavy atom. The number of nitrogens with zero attached hydrogens (tertiary/aromatic N) is 1. The minimum atomic E-state index is -0.233. The van der Waals surface area contributed by atoms with Gasteiger partial charge in [-0.05, 0) is 29.3 Å². The largest absolute Gasteiger partial charge is 0.492 e. The Morgan fingerprint density at radius 2 is 1.81 bits per heavy atom. The van der Waals surface area contributed by atoms with Crippen molar-refractivity contribution in [2.24, 2.45) is 0 Å². The van der Waals surface area contributed by atoms with Crippen LogP contribution in [0.2, 0.25) is 0 Å².